The van der Waals surface area contributed by atoms with Crippen molar-refractivity contribution < 1.29 is 14.2 Å². The van der Waals surface area contributed by atoms with Crippen molar-refractivity contribution in [1.29, 1.82) is 0 Å². The zero-order chi connectivity index (χ0) is 21.3. The first-order valence-corrected chi connectivity index (χ1v) is 11.7. The van der Waals surface area contributed by atoms with E-state index in [0.29, 0.717) is 0 Å². The van der Waals surface area contributed by atoms with Crippen LogP contribution < -0.4 is 19.5 Å². The third-order valence-corrected chi connectivity index (χ3v) is 8.72. The number of benzene rings is 3. The van der Waals surface area contributed by atoms with E-state index in [1.54, 1.807) is 14.2 Å². The van der Waals surface area contributed by atoms with E-state index in [2.05, 4.69) is 69.3 Å². The van der Waals surface area contributed by atoms with E-state index in [9.17, 15) is 0 Å². The van der Waals surface area contributed by atoms with Gasteiger partial charge < -0.3 is 14.2 Å². The molecule has 0 bridgehead atoms. The number of ether oxygens (including phenoxy) is 3. The van der Waals surface area contributed by atoms with Gasteiger partial charge in [0.1, 0.15) is 23.1 Å². The lowest BCUT2D eigenvalue weighted by Gasteiger charge is -2.33. The van der Waals surface area contributed by atoms with Crippen LogP contribution in [0.5, 0.6) is 17.2 Å². The second-order valence-electron chi connectivity index (χ2n) is 8.49. The molecule has 0 saturated heterocycles. The molecule has 0 radical (unpaired) electrons. The van der Waals surface area contributed by atoms with Gasteiger partial charge in [-0.05, 0) is 36.8 Å². The van der Waals surface area contributed by atoms with E-state index < -0.39 is 7.92 Å². The molecule has 0 N–H and O–H groups in total. The Labute approximate surface area is 180 Å². The summed E-state index contributed by atoms with van der Waals surface area (Å²) >= 11 is 0. The zero-order valence-electron chi connectivity index (χ0n) is 18.3. The Morgan fingerprint density at radius 2 is 1.47 bits per heavy atom. The molecule has 3 aromatic rings. The van der Waals surface area contributed by atoms with Gasteiger partial charge in [0, 0.05) is 17.3 Å². The molecule has 3 aromatic carbocycles. The summed E-state index contributed by atoms with van der Waals surface area (Å²) < 4.78 is 18.1. The molecule has 0 fully saturated rings. The van der Waals surface area contributed by atoms with Crippen LogP contribution >= 0.6 is 7.92 Å². The molecule has 0 amide bonds. The first-order valence-electron chi connectivity index (χ1n) is 10.3. The normalized spacial score (nSPS) is 17.9. The molecule has 4 heteroatoms. The quantitative estimate of drug-likeness (QED) is 0.458. The van der Waals surface area contributed by atoms with Gasteiger partial charge in [0.25, 0.3) is 0 Å². The molecule has 3 nitrogen and oxygen atoms in total. The van der Waals surface area contributed by atoms with Crippen LogP contribution in [0.15, 0.2) is 66.7 Å². The van der Waals surface area contributed by atoms with Crippen molar-refractivity contribution in [3.8, 4) is 28.4 Å². The van der Waals surface area contributed by atoms with Crippen LogP contribution in [0.1, 0.15) is 26.3 Å². The maximum absolute atomic E-state index is 6.61. The Morgan fingerprint density at radius 3 is 2.07 bits per heavy atom. The van der Waals surface area contributed by atoms with Gasteiger partial charge in [-0.2, -0.15) is 0 Å². The number of rotatable bonds is 5. The van der Waals surface area contributed by atoms with Crippen LogP contribution in [0.2, 0.25) is 0 Å². The third-order valence-electron chi connectivity index (χ3n) is 5.46. The fourth-order valence-corrected chi connectivity index (χ4v) is 7.49. The third kappa shape index (κ3) is 3.79. The van der Waals surface area contributed by atoms with Crippen LogP contribution in [0.25, 0.3) is 11.1 Å². The van der Waals surface area contributed by atoms with Crippen LogP contribution in [-0.2, 0) is 6.42 Å². The molecule has 0 aromatic heterocycles. The highest BCUT2D eigenvalue weighted by Gasteiger charge is 2.43. The summed E-state index contributed by atoms with van der Waals surface area (Å²) in [5.41, 5.74) is 3.46. The minimum Gasteiger partial charge on any atom is -0.496 e. The number of hydrogen-bond acceptors (Lipinski definition) is 3. The lowest BCUT2D eigenvalue weighted by molar-refractivity contribution is 0.293. The zero-order valence-corrected chi connectivity index (χ0v) is 19.2. The fourth-order valence-electron chi connectivity index (χ4n) is 4.24. The number of hydrogen-bond donors (Lipinski definition) is 0. The van der Waals surface area contributed by atoms with Crippen LogP contribution in [0.3, 0.4) is 0 Å². The van der Waals surface area contributed by atoms with Crippen LogP contribution in [0.4, 0.5) is 0 Å². The molecule has 1 aliphatic heterocycles. The second kappa shape index (κ2) is 8.32. The minimum atomic E-state index is -0.602. The predicted octanol–water partition coefficient (Wildman–Crippen LogP) is 6.24. The molecular formula is C26H29O3P. The van der Waals surface area contributed by atoms with Crippen molar-refractivity contribution in [2.75, 3.05) is 14.2 Å². The average Bonchev–Trinajstić information content (AvgIpc) is 3.12. The summed E-state index contributed by atoms with van der Waals surface area (Å²) in [5.74, 6) is 2.76. The maximum atomic E-state index is 6.61. The largest absolute Gasteiger partial charge is 0.496 e. The van der Waals surface area contributed by atoms with E-state index >= 15 is 0 Å². The van der Waals surface area contributed by atoms with Crippen LogP contribution in [-0.4, -0.2) is 25.2 Å². The van der Waals surface area contributed by atoms with Gasteiger partial charge in [0.2, 0.25) is 0 Å². The smallest absolute Gasteiger partial charge is 0.130 e. The topological polar surface area (TPSA) is 27.7 Å². The molecule has 0 aliphatic carbocycles. The minimum absolute atomic E-state index is 0.0887. The summed E-state index contributed by atoms with van der Waals surface area (Å²) in [6, 6.07) is 22.9. The predicted molar refractivity (Wildman–Crippen MR) is 126 cm³/mol. The lowest BCUT2D eigenvalue weighted by Crippen LogP contribution is -2.26. The highest BCUT2D eigenvalue weighted by atomic mass is 31.1. The summed E-state index contributed by atoms with van der Waals surface area (Å²) in [6.45, 7) is 6.97. The van der Waals surface area contributed by atoms with Gasteiger partial charge in [-0.1, -0.05) is 69.3 Å². The van der Waals surface area contributed by atoms with Crippen molar-refractivity contribution in [2.45, 2.75) is 38.2 Å². The van der Waals surface area contributed by atoms with Crippen molar-refractivity contribution in [3.05, 3.63) is 72.3 Å². The molecule has 156 valence electrons. The van der Waals surface area contributed by atoms with Crippen molar-refractivity contribution in [3.63, 3.8) is 0 Å². The van der Waals surface area contributed by atoms with Crippen LogP contribution in [0, 0.1) is 0 Å². The van der Waals surface area contributed by atoms with E-state index in [-0.39, 0.29) is 11.0 Å². The molecule has 2 atom stereocenters. The first kappa shape index (κ1) is 20.8. The highest BCUT2D eigenvalue weighted by Crippen LogP contribution is 2.61. The van der Waals surface area contributed by atoms with Crippen molar-refractivity contribution in [1.82, 2.24) is 0 Å². The van der Waals surface area contributed by atoms with Gasteiger partial charge in [0.15, 0.2) is 0 Å². The molecule has 1 aliphatic rings. The second-order valence-corrected chi connectivity index (χ2v) is 11.6. The van der Waals surface area contributed by atoms with E-state index in [1.165, 1.54) is 10.9 Å². The molecule has 30 heavy (non-hydrogen) atoms. The Bertz CT molecular complexity index is 1000. The van der Waals surface area contributed by atoms with Gasteiger partial charge in [0.05, 0.1) is 19.8 Å². The summed E-state index contributed by atoms with van der Waals surface area (Å²) in [6.07, 6.45) is 0.904. The molecule has 1 unspecified atom stereocenters. The van der Waals surface area contributed by atoms with Crippen molar-refractivity contribution in [2.24, 2.45) is 0 Å². The maximum Gasteiger partial charge on any atom is 0.130 e. The molecule has 0 spiro atoms. The standard InChI is InChI=1S/C26H29O3P/c1-26(2,3)30-23(17-18-11-7-6-8-12-18)29-22-16-9-13-19(25(22)30)24-20(27-4)14-10-15-21(24)28-5/h6-16,23H,17H2,1-5H3/t23-,30?/m1/s1. The molecule has 1 heterocycles. The highest BCUT2D eigenvalue weighted by molar-refractivity contribution is 7.68. The van der Waals surface area contributed by atoms with Gasteiger partial charge >= 0.3 is 0 Å². The Kier molecular flexibility index (Phi) is 5.75. The van der Waals surface area contributed by atoms with E-state index in [0.717, 1.165) is 34.8 Å². The SMILES string of the molecule is COc1cccc(OC)c1-c1cccc2c1P(C(C)(C)C)[C@H](Cc1ccccc1)O2. The van der Waals surface area contributed by atoms with Gasteiger partial charge in [-0.15, -0.1) is 0 Å². The first-order chi connectivity index (χ1) is 14.4. The van der Waals surface area contributed by atoms with Gasteiger partial charge in [-0.25, -0.2) is 0 Å². The Hall–Kier alpha value is -2.51. The fraction of sp³-hybridized carbons (Fsp3) is 0.308. The Morgan fingerprint density at radius 1 is 0.833 bits per heavy atom. The molecule has 4 rings (SSSR count). The summed E-state index contributed by atoms with van der Waals surface area (Å²) in [5, 5.41) is 1.40. The summed E-state index contributed by atoms with van der Waals surface area (Å²) in [7, 11) is 2.82. The number of fused-ring (bicyclic) bond motifs is 1. The van der Waals surface area contributed by atoms with E-state index in [4.69, 9.17) is 14.2 Å². The average molecular weight is 420 g/mol. The number of methoxy groups -OCH3 is 2. The summed E-state index contributed by atoms with van der Waals surface area (Å²) in [4.78, 5) is 0. The monoisotopic (exact) mass is 420 g/mol. The van der Waals surface area contributed by atoms with Gasteiger partial charge in [-0.3, -0.25) is 0 Å². The molecular weight excluding hydrogens is 391 g/mol. The van der Waals surface area contributed by atoms with E-state index in [1.807, 2.05) is 18.2 Å². The van der Waals surface area contributed by atoms with Crippen molar-refractivity contribution >= 4 is 13.2 Å². The Balaban J connectivity index is 1.87. The lowest BCUT2D eigenvalue weighted by atomic mass is 10.0. The molecule has 0 saturated carbocycles.